The van der Waals surface area contributed by atoms with Crippen molar-refractivity contribution in [3.63, 3.8) is 0 Å². The van der Waals surface area contributed by atoms with Crippen LogP contribution in [0.4, 0.5) is 5.82 Å². The number of piperidine rings is 1. The summed E-state index contributed by atoms with van der Waals surface area (Å²) in [6.07, 6.45) is 4.37. The fraction of sp³-hybridized carbons (Fsp3) is 0.450. The van der Waals surface area contributed by atoms with E-state index in [0.29, 0.717) is 6.10 Å². The molecule has 1 aromatic carbocycles. The van der Waals surface area contributed by atoms with Crippen LogP contribution >= 0.6 is 0 Å². The number of aromatic nitrogens is 1. The van der Waals surface area contributed by atoms with Gasteiger partial charge < -0.3 is 14.4 Å². The van der Waals surface area contributed by atoms with Crippen molar-refractivity contribution in [1.29, 1.82) is 0 Å². The van der Waals surface area contributed by atoms with E-state index >= 15 is 0 Å². The largest absolute Gasteiger partial charge is 0.497 e. The molecule has 0 spiro atoms. The van der Waals surface area contributed by atoms with Gasteiger partial charge in [-0.1, -0.05) is 6.07 Å². The number of rotatable bonds is 6. The lowest BCUT2D eigenvalue weighted by Crippen LogP contribution is -2.37. The Hall–Kier alpha value is -2.27. The first-order chi connectivity index (χ1) is 12.1. The molecule has 0 amide bonds. The van der Waals surface area contributed by atoms with Crippen LogP contribution in [0.1, 0.15) is 18.4 Å². The third-order valence-electron chi connectivity index (χ3n) is 4.57. The topological polar surface area (TPSA) is 37.8 Å². The molecule has 25 heavy (non-hydrogen) atoms. The van der Waals surface area contributed by atoms with E-state index in [0.717, 1.165) is 49.8 Å². The number of likely N-dealkylation sites (tertiary alicyclic amines) is 1. The lowest BCUT2D eigenvalue weighted by Gasteiger charge is -2.32. The Kier molecular flexibility index (Phi) is 5.76. The Balaban J connectivity index is 1.46. The summed E-state index contributed by atoms with van der Waals surface area (Å²) in [5, 5.41) is 0. The van der Waals surface area contributed by atoms with Gasteiger partial charge in [-0.25, -0.2) is 4.98 Å². The van der Waals surface area contributed by atoms with Gasteiger partial charge in [0.2, 0.25) is 0 Å². The van der Waals surface area contributed by atoms with Crippen molar-refractivity contribution in [2.75, 3.05) is 39.2 Å². The van der Waals surface area contributed by atoms with E-state index in [1.165, 1.54) is 5.56 Å². The zero-order valence-corrected chi connectivity index (χ0v) is 15.3. The van der Waals surface area contributed by atoms with Crippen LogP contribution < -0.4 is 14.4 Å². The van der Waals surface area contributed by atoms with Crippen LogP contribution in [-0.4, -0.2) is 50.3 Å². The molecule has 1 aliphatic rings. The molecule has 0 saturated carbocycles. The van der Waals surface area contributed by atoms with Gasteiger partial charge in [-0.3, -0.25) is 4.90 Å². The first-order valence-corrected chi connectivity index (χ1v) is 8.79. The highest BCUT2D eigenvalue weighted by Crippen LogP contribution is 2.22. The summed E-state index contributed by atoms with van der Waals surface area (Å²) in [7, 11) is 5.69. The molecule has 5 nitrogen and oxygen atoms in total. The molecule has 1 aliphatic heterocycles. The predicted octanol–water partition coefficient (Wildman–Crippen LogP) is 3.20. The maximum absolute atomic E-state index is 6.10. The molecule has 0 bridgehead atoms. The van der Waals surface area contributed by atoms with E-state index in [-0.39, 0.29) is 0 Å². The number of methoxy groups -OCH3 is 1. The van der Waals surface area contributed by atoms with Crippen LogP contribution in [0.2, 0.25) is 0 Å². The van der Waals surface area contributed by atoms with Gasteiger partial charge in [0.1, 0.15) is 23.4 Å². The van der Waals surface area contributed by atoms with Gasteiger partial charge in [-0.2, -0.15) is 0 Å². The highest BCUT2D eigenvalue weighted by Gasteiger charge is 2.20. The second kappa shape index (κ2) is 8.21. The normalized spacial score (nSPS) is 15.8. The Bertz CT molecular complexity index is 648. The third-order valence-corrected chi connectivity index (χ3v) is 4.57. The summed E-state index contributed by atoms with van der Waals surface area (Å²) < 4.78 is 11.3. The molecule has 0 atom stereocenters. The van der Waals surface area contributed by atoms with Crippen molar-refractivity contribution < 1.29 is 9.47 Å². The van der Waals surface area contributed by atoms with E-state index in [4.69, 9.17) is 9.47 Å². The minimum absolute atomic E-state index is 0.291. The van der Waals surface area contributed by atoms with Gasteiger partial charge >= 0.3 is 0 Å². The second-order valence-electron chi connectivity index (χ2n) is 6.69. The van der Waals surface area contributed by atoms with Crippen LogP contribution in [0.3, 0.4) is 0 Å². The lowest BCUT2D eigenvalue weighted by atomic mass is 10.1. The van der Waals surface area contributed by atoms with E-state index in [1.807, 2.05) is 49.5 Å². The molecule has 0 aliphatic carbocycles. The fourth-order valence-electron chi connectivity index (χ4n) is 3.06. The van der Waals surface area contributed by atoms with E-state index in [1.54, 1.807) is 7.11 Å². The zero-order chi connectivity index (χ0) is 17.6. The van der Waals surface area contributed by atoms with Gasteiger partial charge in [-0.15, -0.1) is 0 Å². The number of hydrogen-bond donors (Lipinski definition) is 0. The van der Waals surface area contributed by atoms with Crippen molar-refractivity contribution in [2.24, 2.45) is 0 Å². The Morgan fingerprint density at radius 2 is 1.72 bits per heavy atom. The van der Waals surface area contributed by atoms with Gasteiger partial charge in [0, 0.05) is 39.9 Å². The van der Waals surface area contributed by atoms with Gasteiger partial charge in [0.25, 0.3) is 0 Å². The van der Waals surface area contributed by atoms with Crippen molar-refractivity contribution in [1.82, 2.24) is 9.88 Å². The number of ether oxygens (including phenoxy) is 2. The summed E-state index contributed by atoms with van der Waals surface area (Å²) >= 11 is 0. The molecular weight excluding hydrogens is 314 g/mol. The van der Waals surface area contributed by atoms with Crippen molar-refractivity contribution in [3.05, 3.63) is 48.2 Å². The molecular formula is C20H27N3O2. The molecule has 2 aromatic rings. The summed E-state index contributed by atoms with van der Waals surface area (Å²) in [6.45, 7) is 3.06. The van der Waals surface area contributed by atoms with E-state index < -0.39 is 0 Å². The SMILES string of the molecule is COc1ccc(OC2CCN(Cc3ccc(N(C)C)nc3)CC2)cc1. The Labute approximate surface area is 150 Å². The second-order valence-corrected chi connectivity index (χ2v) is 6.69. The van der Waals surface area contributed by atoms with Crippen LogP contribution in [0.25, 0.3) is 0 Å². The van der Waals surface area contributed by atoms with Crippen LogP contribution in [0.15, 0.2) is 42.6 Å². The molecule has 134 valence electrons. The van der Waals surface area contributed by atoms with Crippen molar-refractivity contribution in [2.45, 2.75) is 25.5 Å². The number of anilines is 1. The Morgan fingerprint density at radius 1 is 1.04 bits per heavy atom. The smallest absolute Gasteiger partial charge is 0.127 e. The molecule has 0 N–H and O–H groups in total. The zero-order valence-electron chi connectivity index (χ0n) is 15.3. The summed E-state index contributed by atoms with van der Waals surface area (Å²) in [5.74, 6) is 2.77. The average Bonchev–Trinajstić information content (AvgIpc) is 2.64. The standard InChI is InChI=1S/C20H27N3O2/c1-22(2)20-9-4-16(14-21-20)15-23-12-10-19(11-13-23)25-18-7-5-17(24-3)6-8-18/h4-9,14,19H,10-13,15H2,1-3H3. The monoisotopic (exact) mass is 341 g/mol. The van der Waals surface area contributed by atoms with Gasteiger partial charge in [-0.05, 0) is 48.7 Å². The first-order valence-electron chi connectivity index (χ1n) is 8.79. The molecule has 3 rings (SSSR count). The van der Waals surface area contributed by atoms with Crippen LogP contribution in [0.5, 0.6) is 11.5 Å². The summed E-state index contributed by atoms with van der Waals surface area (Å²) in [4.78, 5) is 8.98. The quantitative estimate of drug-likeness (QED) is 0.807. The number of benzene rings is 1. The van der Waals surface area contributed by atoms with Crippen LogP contribution in [-0.2, 0) is 6.54 Å². The number of nitrogens with zero attached hydrogens (tertiary/aromatic N) is 3. The first kappa shape index (κ1) is 17.5. The minimum Gasteiger partial charge on any atom is -0.497 e. The predicted molar refractivity (Wildman–Crippen MR) is 100 cm³/mol. The molecule has 5 heteroatoms. The number of hydrogen-bond acceptors (Lipinski definition) is 5. The highest BCUT2D eigenvalue weighted by molar-refractivity contribution is 5.37. The van der Waals surface area contributed by atoms with Crippen molar-refractivity contribution >= 4 is 5.82 Å². The molecule has 1 aromatic heterocycles. The lowest BCUT2D eigenvalue weighted by molar-refractivity contribution is 0.0967. The maximum atomic E-state index is 6.10. The van der Waals surface area contributed by atoms with E-state index in [2.05, 4.69) is 22.0 Å². The minimum atomic E-state index is 0.291. The van der Waals surface area contributed by atoms with Crippen LogP contribution in [0, 0.1) is 0 Å². The average molecular weight is 341 g/mol. The molecule has 0 radical (unpaired) electrons. The van der Waals surface area contributed by atoms with Crippen molar-refractivity contribution in [3.8, 4) is 11.5 Å². The maximum Gasteiger partial charge on any atom is 0.127 e. The highest BCUT2D eigenvalue weighted by atomic mass is 16.5. The fourth-order valence-corrected chi connectivity index (χ4v) is 3.06. The Morgan fingerprint density at radius 3 is 2.28 bits per heavy atom. The van der Waals surface area contributed by atoms with E-state index in [9.17, 15) is 0 Å². The molecule has 0 unspecified atom stereocenters. The number of pyridine rings is 1. The molecule has 2 heterocycles. The van der Waals surface area contributed by atoms with Gasteiger partial charge in [0.15, 0.2) is 0 Å². The summed E-state index contributed by atoms with van der Waals surface area (Å²) in [6, 6.07) is 12.1. The molecule has 1 fully saturated rings. The molecule has 1 saturated heterocycles. The third kappa shape index (κ3) is 4.86. The summed E-state index contributed by atoms with van der Waals surface area (Å²) in [5.41, 5.74) is 1.26. The van der Waals surface area contributed by atoms with Gasteiger partial charge in [0.05, 0.1) is 7.11 Å².